The van der Waals surface area contributed by atoms with Gasteiger partial charge in [-0.3, -0.25) is 0 Å². The standard InChI is InChI=1S/C16H25N3OS/c1-6-17-15-14-11(4)12(5)21-16(14)19-13(18-15)9-20-8-7-10(2)3/h10H,6-9H2,1-5H3,(H,17,18,19). The maximum atomic E-state index is 5.70. The molecule has 4 nitrogen and oxygen atoms in total. The molecule has 0 aliphatic carbocycles. The minimum absolute atomic E-state index is 0.483. The van der Waals surface area contributed by atoms with Gasteiger partial charge < -0.3 is 10.1 Å². The molecule has 0 aromatic carbocycles. The fourth-order valence-electron chi connectivity index (χ4n) is 2.14. The van der Waals surface area contributed by atoms with Crippen LogP contribution in [-0.2, 0) is 11.3 Å². The van der Waals surface area contributed by atoms with Gasteiger partial charge in [0.1, 0.15) is 17.3 Å². The van der Waals surface area contributed by atoms with Gasteiger partial charge in [-0.15, -0.1) is 11.3 Å². The molecule has 2 aromatic heterocycles. The number of fused-ring (bicyclic) bond motifs is 1. The van der Waals surface area contributed by atoms with Gasteiger partial charge in [-0.25, -0.2) is 9.97 Å². The van der Waals surface area contributed by atoms with Crippen molar-refractivity contribution in [1.82, 2.24) is 9.97 Å². The Kier molecular flexibility index (Phi) is 5.53. The summed E-state index contributed by atoms with van der Waals surface area (Å²) in [6, 6.07) is 0. The molecule has 5 heteroatoms. The molecular weight excluding hydrogens is 282 g/mol. The first kappa shape index (κ1) is 16.2. The molecule has 0 spiro atoms. The van der Waals surface area contributed by atoms with Crippen LogP contribution < -0.4 is 5.32 Å². The van der Waals surface area contributed by atoms with Crippen molar-refractivity contribution in [3.05, 3.63) is 16.3 Å². The van der Waals surface area contributed by atoms with E-state index in [0.717, 1.165) is 41.4 Å². The summed E-state index contributed by atoms with van der Waals surface area (Å²) >= 11 is 1.73. The van der Waals surface area contributed by atoms with E-state index in [1.807, 2.05) is 0 Å². The van der Waals surface area contributed by atoms with Crippen LogP contribution in [0.1, 0.15) is 43.5 Å². The summed E-state index contributed by atoms with van der Waals surface area (Å²) < 4.78 is 5.70. The van der Waals surface area contributed by atoms with Crippen molar-refractivity contribution in [2.75, 3.05) is 18.5 Å². The van der Waals surface area contributed by atoms with Gasteiger partial charge in [-0.05, 0) is 38.7 Å². The van der Waals surface area contributed by atoms with E-state index in [-0.39, 0.29) is 0 Å². The fourth-order valence-corrected chi connectivity index (χ4v) is 3.18. The number of aryl methyl sites for hydroxylation is 2. The predicted molar refractivity (Wildman–Crippen MR) is 90.2 cm³/mol. The minimum Gasteiger partial charge on any atom is -0.373 e. The van der Waals surface area contributed by atoms with Crippen LogP contribution in [0.25, 0.3) is 10.2 Å². The maximum Gasteiger partial charge on any atom is 0.158 e. The summed E-state index contributed by atoms with van der Waals surface area (Å²) in [5.41, 5.74) is 1.28. The lowest BCUT2D eigenvalue weighted by Crippen LogP contribution is -2.07. The molecular formula is C16H25N3OS. The van der Waals surface area contributed by atoms with Crippen molar-refractivity contribution in [3.63, 3.8) is 0 Å². The van der Waals surface area contributed by atoms with E-state index in [9.17, 15) is 0 Å². The van der Waals surface area contributed by atoms with Crippen molar-refractivity contribution >= 4 is 27.4 Å². The third-order valence-electron chi connectivity index (χ3n) is 3.49. The highest BCUT2D eigenvalue weighted by atomic mass is 32.1. The predicted octanol–water partition coefficient (Wildman–Crippen LogP) is 4.30. The molecule has 0 fully saturated rings. The van der Waals surface area contributed by atoms with Gasteiger partial charge >= 0.3 is 0 Å². The van der Waals surface area contributed by atoms with E-state index in [0.29, 0.717) is 12.5 Å². The zero-order chi connectivity index (χ0) is 15.4. The third kappa shape index (κ3) is 3.92. The monoisotopic (exact) mass is 307 g/mol. The lowest BCUT2D eigenvalue weighted by atomic mass is 10.1. The number of hydrogen-bond donors (Lipinski definition) is 1. The number of anilines is 1. The molecule has 2 heterocycles. The smallest absolute Gasteiger partial charge is 0.158 e. The molecule has 0 saturated heterocycles. The third-order valence-corrected chi connectivity index (χ3v) is 4.59. The van der Waals surface area contributed by atoms with Crippen LogP contribution in [0, 0.1) is 19.8 Å². The molecule has 0 atom stereocenters. The summed E-state index contributed by atoms with van der Waals surface area (Å²) in [5, 5.41) is 4.51. The first-order valence-corrected chi connectivity index (χ1v) is 8.42. The number of aromatic nitrogens is 2. The van der Waals surface area contributed by atoms with Gasteiger partial charge in [0.15, 0.2) is 5.82 Å². The van der Waals surface area contributed by atoms with E-state index >= 15 is 0 Å². The van der Waals surface area contributed by atoms with Crippen molar-refractivity contribution in [1.29, 1.82) is 0 Å². The molecule has 0 aliphatic rings. The fraction of sp³-hybridized carbons (Fsp3) is 0.625. The number of nitrogens with one attached hydrogen (secondary N) is 1. The molecule has 1 N–H and O–H groups in total. The van der Waals surface area contributed by atoms with Gasteiger partial charge in [-0.1, -0.05) is 13.8 Å². The van der Waals surface area contributed by atoms with Crippen LogP contribution in [0.15, 0.2) is 0 Å². The Morgan fingerprint density at radius 2 is 2.00 bits per heavy atom. The summed E-state index contributed by atoms with van der Waals surface area (Å²) in [7, 11) is 0. The van der Waals surface area contributed by atoms with Crippen molar-refractivity contribution in [2.45, 2.75) is 47.6 Å². The van der Waals surface area contributed by atoms with E-state index < -0.39 is 0 Å². The lowest BCUT2D eigenvalue weighted by molar-refractivity contribution is 0.106. The van der Waals surface area contributed by atoms with Gasteiger partial charge in [0, 0.05) is 18.0 Å². The quantitative estimate of drug-likeness (QED) is 0.775. The highest BCUT2D eigenvalue weighted by Gasteiger charge is 2.14. The van der Waals surface area contributed by atoms with Crippen LogP contribution in [0.3, 0.4) is 0 Å². The molecule has 0 saturated carbocycles. The normalized spacial score (nSPS) is 11.5. The van der Waals surface area contributed by atoms with Gasteiger partial charge in [0.05, 0.1) is 5.39 Å². The number of rotatable bonds is 7. The number of ether oxygens (including phenoxy) is 1. The summed E-state index contributed by atoms with van der Waals surface area (Å²) in [4.78, 5) is 11.7. The van der Waals surface area contributed by atoms with E-state index in [2.05, 4.69) is 49.9 Å². The van der Waals surface area contributed by atoms with Gasteiger partial charge in [-0.2, -0.15) is 0 Å². The van der Waals surface area contributed by atoms with E-state index in [4.69, 9.17) is 4.74 Å². The average Bonchev–Trinajstić information content (AvgIpc) is 2.70. The second kappa shape index (κ2) is 7.18. The number of hydrogen-bond acceptors (Lipinski definition) is 5. The molecule has 2 aromatic rings. The molecule has 21 heavy (non-hydrogen) atoms. The topological polar surface area (TPSA) is 47.0 Å². The first-order valence-electron chi connectivity index (χ1n) is 7.61. The Morgan fingerprint density at radius 3 is 2.67 bits per heavy atom. The molecule has 0 amide bonds. The molecule has 0 aliphatic heterocycles. The lowest BCUT2D eigenvalue weighted by Gasteiger charge is -2.09. The molecule has 116 valence electrons. The summed E-state index contributed by atoms with van der Waals surface area (Å²) in [6.07, 6.45) is 1.07. The molecule has 0 radical (unpaired) electrons. The Balaban J connectivity index is 2.21. The van der Waals surface area contributed by atoms with E-state index in [1.165, 1.54) is 10.4 Å². The average molecular weight is 307 g/mol. The van der Waals surface area contributed by atoms with Crippen LogP contribution in [0.2, 0.25) is 0 Å². The van der Waals surface area contributed by atoms with Gasteiger partial charge in [0.25, 0.3) is 0 Å². The Hall–Kier alpha value is -1.20. The highest BCUT2D eigenvalue weighted by Crippen LogP contribution is 2.33. The largest absolute Gasteiger partial charge is 0.373 e. The van der Waals surface area contributed by atoms with Crippen molar-refractivity contribution in [2.24, 2.45) is 5.92 Å². The first-order chi connectivity index (χ1) is 10.0. The molecule has 2 rings (SSSR count). The van der Waals surface area contributed by atoms with E-state index in [1.54, 1.807) is 11.3 Å². The molecule has 0 unspecified atom stereocenters. The van der Waals surface area contributed by atoms with Crippen LogP contribution in [0.5, 0.6) is 0 Å². The highest BCUT2D eigenvalue weighted by molar-refractivity contribution is 7.18. The van der Waals surface area contributed by atoms with Crippen molar-refractivity contribution < 1.29 is 4.74 Å². The van der Waals surface area contributed by atoms with Gasteiger partial charge in [0.2, 0.25) is 0 Å². The zero-order valence-corrected chi connectivity index (χ0v) is 14.4. The van der Waals surface area contributed by atoms with Crippen LogP contribution in [-0.4, -0.2) is 23.1 Å². The Bertz CT molecular complexity index is 607. The summed E-state index contributed by atoms with van der Waals surface area (Å²) in [5.74, 6) is 2.36. The zero-order valence-electron chi connectivity index (χ0n) is 13.6. The minimum atomic E-state index is 0.483. The maximum absolute atomic E-state index is 5.70. The second-order valence-electron chi connectivity index (χ2n) is 5.72. The van der Waals surface area contributed by atoms with Crippen LogP contribution in [0.4, 0.5) is 5.82 Å². The van der Waals surface area contributed by atoms with Crippen LogP contribution >= 0.6 is 11.3 Å². The Labute approximate surface area is 131 Å². The second-order valence-corrected chi connectivity index (χ2v) is 6.92. The summed E-state index contributed by atoms with van der Waals surface area (Å²) in [6.45, 7) is 12.9. The SMILES string of the molecule is CCNc1nc(COCCC(C)C)nc2sc(C)c(C)c12. The number of nitrogens with zero attached hydrogens (tertiary/aromatic N) is 2. The molecule has 0 bridgehead atoms. The Morgan fingerprint density at radius 1 is 1.24 bits per heavy atom. The van der Waals surface area contributed by atoms with Crippen molar-refractivity contribution in [3.8, 4) is 0 Å². The number of thiophene rings is 1.